The number of aliphatic hydroxyl groups is 1. The zero-order valence-corrected chi connectivity index (χ0v) is 34.2. The Morgan fingerprint density at radius 2 is 1.70 bits per heavy atom. The molecule has 1 aliphatic carbocycles. The predicted molar refractivity (Wildman–Crippen MR) is 211 cm³/mol. The predicted octanol–water partition coefficient (Wildman–Crippen LogP) is 4.24. The Balaban J connectivity index is 1.06. The van der Waals surface area contributed by atoms with Crippen molar-refractivity contribution in [3.8, 4) is 34.5 Å². The maximum Gasteiger partial charge on any atom is 0.244 e. The number of imidazole rings is 1. The maximum absolute atomic E-state index is 9.87. The van der Waals surface area contributed by atoms with Crippen LogP contribution < -0.4 is 19.1 Å². The topological polar surface area (TPSA) is 149 Å². The number of nitrogens with zero attached hydrogens (tertiary/aromatic N) is 9. The highest BCUT2D eigenvalue weighted by Gasteiger charge is 2.48. The van der Waals surface area contributed by atoms with E-state index in [2.05, 4.69) is 115 Å². The number of hydrogen-bond acceptors (Lipinski definition) is 12. The molecule has 2 unspecified atom stereocenters. The molecule has 4 aliphatic rings. The summed E-state index contributed by atoms with van der Waals surface area (Å²) in [7, 11) is 4.14. The van der Waals surface area contributed by atoms with Crippen LogP contribution in [0.4, 0.5) is 11.4 Å². The van der Waals surface area contributed by atoms with Gasteiger partial charge in [0.05, 0.1) is 58.3 Å². The van der Waals surface area contributed by atoms with Gasteiger partial charge in [0.25, 0.3) is 0 Å². The molecule has 15 nitrogen and oxygen atoms in total. The van der Waals surface area contributed by atoms with E-state index >= 15 is 0 Å². The highest BCUT2D eigenvalue weighted by molar-refractivity contribution is 5.80. The first-order valence-corrected chi connectivity index (χ1v) is 19.9. The summed E-state index contributed by atoms with van der Waals surface area (Å²) in [5, 5.41) is 28.2. The number of ether oxygens (including phenoxy) is 5. The van der Waals surface area contributed by atoms with E-state index in [9.17, 15) is 10.4 Å². The highest BCUT2D eigenvalue weighted by Crippen LogP contribution is 2.45. The van der Waals surface area contributed by atoms with Crippen LogP contribution >= 0.6 is 0 Å². The summed E-state index contributed by atoms with van der Waals surface area (Å²) >= 11 is 0. The molecule has 3 aromatic heterocycles. The lowest BCUT2D eigenvalue weighted by Gasteiger charge is -2.48. The van der Waals surface area contributed by atoms with E-state index in [1.807, 2.05) is 12.3 Å². The van der Waals surface area contributed by atoms with Crippen molar-refractivity contribution in [2.75, 3.05) is 70.0 Å². The van der Waals surface area contributed by atoms with Crippen molar-refractivity contribution < 1.29 is 33.4 Å². The van der Waals surface area contributed by atoms with E-state index < -0.39 is 6.29 Å². The van der Waals surface area contributed by atoms with Gasteiger partial charge in [-0.05, 0) is 29.8 Å². The zero-order chi connectivity index (χ0) is 40.1. The quantitative estimate of drug-likeness (QED) is 0.194. The lowest BCUT2D eigenvalue weighted by Crippen LogP contribution is -2.56. The van der Waals surface area contributed by atoms with Gasteiger partial charge in [0.15, 0.2) is 18.3 Å². The Morgan fingerprint density at radius 3 is 2.37 bits per heavy atom. The third kappa shape index (κ3) is 8.66. The van der Waals surface area contributed by atoms with E-state index in [-0.39, 0.29) is 47.7 Å². The minimum absolute atomic E-state index is 0.0214. The summed E-state index contributed by atoms with van der Waals surface area (Å²) in [5.74, 6) is 0.560. The molecule has 6 heterocycles. The molecule has 4 aromatic rings. The highest BCUT2D eigenvalue weighted by atomic mass is 16.7. The van der Waals surface area contributed by atoms with Crippen LogP contribution in [0.15, 0.2) is 49.2 Å². The summed E-state index contributed by atoms with van der Waals surface area (Å²) in [6.45, 7) is 15.9. The van der Waals surface area contributed by atoms with Crippen molar-refractivity contribution in [3.05, 3.63) is 54.7 Å². The van der Waals surface area contributed by atoms with Gasteiger partial charge in [-0.3, -0.25) is 4.98 Å². The fraction of sp³-hybridized carbons (Fsp3) is 0.595. The summed E-state index contributed by atoms with van der Waals surface area (Å²) in [5.41, 5.74) is 6.13. The zero-order valence-electron chi connectivity index (χ0n) is 34.2. The lowest BCUT2D eigenvalue weighted by atomic mass is 9.82. The van der Waals surface area contributed by atoms with Crippen LogP contribution in [0.3, 0.4) is 0 Å². The van der Waals surface area contributed by atoms with Gasteiger partial charge in [-0.15, -0.1) is 5.10 Å². The fourth-order valence-electron chi connectivity index (χ4n) is 7.70. The normalized spacial score (nSPS) is 22.8. The molecule has 0 amide bonds. The molecule has 3 aliphatic heterocycles. The van der Waals surface area contributed by atoms with Gasteiger partial charge >= 0.3 is 0 Å². The van der Waals surface area contributed by atoms with E-state index in [4.69, 9.17) is 28.7 Å². The van der Waals surface area contributed by atoms with Crippen LogP contribution in [-0.4, -0.2) is 109 Å². The van der Waals surface area contributed by atoms with Gasteiger partial charge in [0.1, 0.15) is 42.0 Å². The number of hydrogen-bond donors (Lipinski definition) is 1. The van der Waals surface area contributed by atoms with Gasteiger partial charge < -0.3 is 38.6 Å². The van der Waals surface area contributed by atoms with Gasteiger partial charge in [0, 0.05) is 73.0 Å². The van der Waals surface area contributed by atoms with E-state index in [1.165, 1.54) is 0 Å². The SMILES string of the molecule is CN(C)c1cc(N2CC(C)(CO)C2)ccc1-c1c[n+](CC2OCC(C)(C)CO2)cn1C1CC1Oc1cc(CC#N)cnc1-c1cn(CC2OCC(C)(C)CO2)nn1. The second-order valence-electron chi connectivity index (χ2n) is 18.4. The van der Waals surface area contributed by atoms with Crippen LogP contribution in [-0.2, 0) is 38.5 Å². The second-order valence-corrected chi connectivity index (χ2v) is 18.4. The van der Waals surface area contributed by atoms with Gasteiger partial charge in [0.2, 0.25) is 6.33 Å². The Hall–Kier alpha value is -4.59. The molecular formula is C42H56N9O6+. The molecule has 15 heteroatoms. The van der Waals surface area contributed by atoms with Crippen LogP contribution in [0.2, 0.25) is 0 Å². The Morgan fingerprint density at radius 1 is 1.00 bits per heavy atom. The Bertz CT molecular complexity index is 2100. The van der Waals surface area contributed by atoms with E-state index in [1.54, 1.807) is 10.9 Å². The van der Waals surface area contributed by atoms with Crippen LogP contribution in [0, 0.1) is 27.6 Å². The molecule has 57 heavy (non-hydrogen) atoms. The van der Waals surface area contributed by atoms with E-state index in [0.717, 1.165) is 47.7 Å². The average molecular weight is 783 g/mol. The minimum atomic E-state index is -0.412. The Kier molecular flexibility index (Phi) is 10.5. The second kappa shape index (κ2) is 15.3. The van der Waals surface area contributed by atoms with Crippen LogP contribution in [0.5, 0.6) is 5.75 Å². The number of anilines is 2. The molecule has 3 saturated heterocycles. The summed E-state index contributed by atoms with van der Waals surface area (Å²) in [4.78, 5) is 9.20. The molecule has 8 rings (SSSR count). The number of aromatic nitrogens is 6. The molecule has 1 aromatic carbocycles. The van der Waals surface area contributed by atoms with Crippen LogP contribution in [0.1, 0.15) is 52.6 Å². The van der Waals surface area contributed by atoms with Crippen molar-refractivity contribution in [3.63, 3.8) is 0 Å². The maximum atomic E-state index is 9.87. The molecule has 4 fully saturated rings. The third-order valence-electron chi connectivity index (χ3n) is 11.1. The third-order valence-corrected chi connectivity index (χ3v) is 11.1. The molecular weight excluding hydrogens is 727 g/mol. The molecule has 0 bridgehead atoms. The first-order chi connectivity index (χ1) is 27.2. The number of nitriles is 1. The average Bonchev–Trinajstić information content (AvgIpc) is 3.55. The van der Waals surface area contributed by atoms with Crippen molar-refractivity contribution in [2.45, 2.75) is 85.3 Å². The molecule has 0 radical (unpaired) electrons. The standard InChI is InChI=1S/C42H56N9O6/c1-40(2)23-53-37(54-24-40)18-48-17-34(30-9-8-29(13-32(30)47(6)7)49-20-42(5,21-49)22-52)51(27-48)33-14-35(33)57-36-12-28(10-11-43)15-44-39(36)31-16-50(46-45-31)19-38-55-25-41(3,4)26-56-38/h8-9,12-13,15-17,27,33,35,37-38,52H,10,14,18-26H2,1-7H3/q+1. The van der Waals surface area contributed by atoms with Crippen molar-refractivity contribution >= 4 is 11.4 Å². The van der Waals surface area contributed by atoms with Crippen molar-refractivity contribution in [1.82, 2.24) is 24.5 Å². The first kappa shape index (κ1) is 39.2. The van der Waals surface area contributed by atoms with Gasteiger partial charge in [-0.25, -0.2) is 13.8 Å². The first-order valence-electron chi connectivity index (χ1n) is 19.9. The molecule has 304 valence electrons. The monoisotopic (exact) mass is 782 g/mol. The fourth-order valence-corrected chi connectivity index (χ4v) is 7.70. The molecule has 1 N–H and O–H groups in total. The van der Waals surface area contributed by atoms with Crippen molar-refractivity contribution in [2.24, 2.45) is 16.2 Å². The summed E-state index contributed by atoms with van der Waals surface area (Å²) in [6, 6.07) is 10.8. The van der Waals surface area contributed by atoms with Crippen molar-refractivity contribution in [1.29, 1.82) is 5.26 Å². The Labute approximate surface area is 334 Å². The summed E-state index contributed by atoms with van der Waals surface area (Å²) < 4.78 is 37.1. The van der Waals surface area contributed by atoms with Crippen LogP contribution in [0.25, 0.3) is 22.6 Å². The molecule has 0 spiro atoms. The largest absolute Gasteiger partial charge is 0.483 e. The van der Waals surface area contributed by atoms with Gasteiger partial charge in [-0.2, -0.15) is 5.26 Å². The number of rotatable bonds is 13. The molecule has 1 saturated carbocycles. The number of pyridine rings is 1. The smallest absolute Gasteiger partial charge is 0.244 e. The van der Waals surface area contributed by atoms with Gasteiger partial charge in [-0.1, -0.05) is 39.8 Å². The number of benzene rings is 1. The number of aliphatic hydroxyl groups excluding tert-OH is 1. The van der Waals surface area contributed by atoms with E-state index in [0.29, 0.717) is 56.7 Å². The lowest BCUT2D eigenvalue weighted by molar-refractivity contribution is -0.711. The summed E-state index contributed by atoms with van der Waals surface area (Å²) in [6.07, 6.45) is 7.90. The minimum Gasteiger partial charge on any atom is -0.483 e. The molecule has 2 atom stereocenters.